The summed E-state index contributed by atoms with van der Waals surface area (Å²) in [6.45, 7) is 0. The van der Waals surface area contributed by atoms with E-state index in [1.807, 2.05) is 0 Å². The minimum atomic E-state index is -4.46. The van der Waals surface area contributed by atoms with E-state index in [0.717, 1.165) is 12.1 Å². The first kappa shape index (κ1) is 14.1. The lowest BCUT2D eigenvalue weighted by Crippen LogP contribution is -2.06. The van der Waals surface area contributed by atoms with Crippen molar-refractivity contribution in [1.82, 2.24) is 15.0 Å². The molecule has 8 heteroatoms. The monoisotopic (exact) mass is 309 g/mol. The van der Waals surface area contributed by atoms with Gasteiger partial charge in [-0.25, -0.2) is 4.68 Å². The summed E-state index contributed by atoms with van der Waals surface area (Å²) in [5, 5.41) is 7.54. The minimum Gasteiger partial charge on any atom is -0.220 e. The molecule has 3 nitrogen and oxygen atoms in total. The number of hydrogen-bond donors (Lipinski definition) is 0. The fraction of sp³-hybridized carbons (Fsp3) is 0.273. The highest BCUT2D eigenvalue weighted by Gasteiger charge is 2.31. The Morgan fingerprint density at radius 3 is 2.58 bits per heavy atom. The number of benzene rings is 1. The summed E-state index contributed by atoms with van der Waals surface area (Å²) in [6, 6.07) is 3.21. The molecule has 0 unspecified atom stereocenters. The third-order valence-electron chi connectivity index (χ3n) is 2.37. The van der Waals surface area contributed by atoms with Gasteiger partial charge in [0.15, 0.2) is 0 Å². The Morgan fingerprint density at radius 2 is 1.95 bits per heavy atom. The Bertz CT molecular complexity index is 581. The maximum absolute atomic E-state index is 12.7. The van der Waals surface area contributed by atoms with Gasteiger partial charge < -0.3 is 0 Å². The van der Waals surface area contributed by atoms with Crippen LogP contribution in [0.4, 0.5) is 13.2 Å². The molecule has 0 radical (unpaired) electrons. The molecular formula is C11H8Cl2F3N3. The van der Waals surface area contributed by atoms with E-state index in [4.69, 9.17) is 23.2 Å². The second-order valence-electron chi connectivity index (χ2n) is 3.79. The van der Waals surface area contributed by atoms with E-state index >= 15 is 0 Å². The largest absolute Gasteiger partial charge is 0.416 e. The number of nitrogens with zero attached hydrogens (tertiary/aromatic N) is 3. The summed E-state index contributed by atoms with van der Waals surface area (Å²) < 4.78 is 39.2. The molecule has 0 aliphatic heterocycles. The Labute approximate surface area is 116 Å². The molecule has 2 aromatic rings. The topological polar surface area (TPSA) is 30.7 Å². The molecule has 1 aromatic heterocycles. The van der Waals surface area contributed by atoms with Crippen molar-refractivity contribution in [2.24, 2.45) is 0 Å². The molecule has 0 saturated carbocycles. The minimum absolute atomic E-state index is 0.0146. The van der Waals surface area contributed by atoms with E-state index in [1.54, 1.807) is 0 Å². The molecule has 0 fully saturated rings. The van der Waals surface area contributed by atoms with Gasteiger partial charge in [0.05, 0.1) is 23.1 Å². The first-order valence-corrected chi connectivity index (χ1v) is 6.17. The molecule has 0 spiro atoms. The fourth-order valence-electron chi connectivity index (χ4n) is 1.51. The molecule has 0 N–H and O–H groups in total. The summed E-state index contributed by atoms with van der Waals surface area (Å²) in [4.78, 5) is 0. The van der Waals surface area contributed by atoms with Crippen molar-refractivity contribution < 1.29 is 13.2 Å². The van der Waals surface area contributed by atoms with Crippen LogP contribution in [0.25, 0.3) is 5.69 Å². The maximum Gasteiger partial charge on any atom is 0.416 e. The number of halogens is 5. The van der Waals surface area contributed by atoms with Crippen LogP contribution in [-0.4, -0.2) is 20.9 Å². The molecular weight excluding hydrogens is 302 g/mol. The van der Waals surface area contributed by atoms with Gasteiger partial charge >= 0.3 is 6.18 Å². The van der Waals surface area contributed by atoms with Crippen LogP contribution >= 0.6 is 23.2 Å². The van der Waals surface area contributed by atoms with Crippen molar-refractivity contribution in [2.45, 2.75) is 12.6 Å². The smallest absolute Gasteiger partial charge is 0.220 e. The Hall–Kier alpha value is -1.27. The number of hydrogen-bond acceptors (Lipinski definition) is 2. The van der Waals surface area contributed by atoms with Crippen molar-refractivity contribution in [3.05, 3.63) is 40.7 Å². The van der Waals surface area contributed by atoms with Crippen LogP contribution in [-0.2, 0) is 12.6 Å². The van der Waals surface area contributed by atoms with Gasteiger partial charge in [-0.15, -0.1) is 16.7 Å². The third-order valence-corrected chi connectivity index (χ3v) is 2.77. The molecule has 0 aliphatic rings. The highest BCUT2D eigenvalue weighted by atomic mass is 35.5. The zero-order chi connectivity index (χ0) is 14.0. The normalized spacial score (nSPS) is 11.8. The molecule has 1 heterocycles. The van der Waals surface area contributed by atoms with Crippen LogP contribution in [0.1, 0.15) is 11.3 Å². The summed E-state index contributed by atoms with van der Waals surface area (Å²) in [7, 11) is 0. The molecule has 0 aliphatic carbocycles. The van der Waals surface area contributed by atoms with E-state index in [1.165, 1.54) is 16.9 Å². The summed E-state index contributed by atoms with van der Waals surface area (Å²) in [5.74, 6) is 0.363. The van der Waals surface area contributed by atoms with Crippen molar-refractivity contribution in [3.8, 4) is 5.69 Å². The highest BCUT2D eigenvalue weighted by molar-refractivity contribution is 6.30. The summed E-state index contributed by atoms with van der Waals surface area (Å²) in [5.41, 5.74) is -0.0268. The SMILES string of the molecule is FC(F)(F)c1cc(Cl)cc(-n2cc(CCCl)nn2)c1. The molecule has 0 saturated heterocycles. The van der Waals surface area contributed by atoms with E-state index in [-0.39, 0.29) is 10.7 Å². The van der Waals surface area contributed by atoms with Gasteiger partial charge in [-0.2, -0.15) is 13.2 Å². The van der Waals surface area contributed by atoms with Crippen molar-refractivity contribution in [1.29, 1.82) is 0 Å². The zero-order valence-corrected chi connectivity index (χ0v) is 11.0. The van der Waals surface area contributed by atoms with Crippen molar-refractivity contribution >= 4 is 23.2 Å². The average Bonchev–Trinajstić information content (AvgIpc) is 2.76. The number of rotatable bonds is 3. The van der Waals surface area contributed by atoms with Gasteiger partial charge in [0.2, 0.25) is 0 Å². The number of aryl methyl sites for hydroxylation is 1. The maximum atomic E-state index is 12.7. The van der Waals surface area contributed by atoms with Crippen molar-refractivity contribution in [3.63, 3.8) is 0 Å². The Balaban J connectivity index is 2.41. The van der Waals surface area contributed by atoms with E-state index in [2.05, 4.69) is 10.3 Å². The zero-order valence-electron chi connectivity index (χ0n) is 9.46. The van der Waals surface area contributed by atoms with E-state index < -0.39 is 11.7 Å². The molecule has 2 rings (SSSR count). The predicted molar refractivity (Wildman–Crippen MR) is 65.8 cm³/mol. The van der Waals surface area contributed by atoms with Gasteiger partial charge in [0, 0.05) is 17.3 Å². The molecule has 19 heavy (non-hydrogen) atoms. The second-order valence-corrected chi connectivity index (χ2v) is 4.60. The van der Waals surface area contributed by atoms with E-state index in [0.29, 0.717) is 18.0 Å². The lowest BCUT2D eigenvalue weighted by Gasteiger charge is -2.09. The standard InChI is InChI=1S/C11H8Cl2F3N3/c12-2-1-9-6-19(18-17-9)10-4-7(11(14,15)16)3-8(13)5-10/h3-6H,1-2H2. The lowest BCUT2D eigenvalue weighted by atomic mass is 10.2. The average molecular weight is 310 g/mol. The first-order chi connectivity index (χ1) is 8.90. The molecule has 0 amide bonds. The summed E-state index contributed by atoms with van der Waals surface area (Å²) in [6.07, 6.45) is -2.44. The molecule has 102 valence electrons. The first-order valence-electron chi connectivity index (χ1n) is 5.25. The van der Waals surface area contributed by atoms with Crippen molar-refractivity contribution in [2.75, 3.05) is 5.88 Å². The number of alkyl halides is 4. The van der Waals surface area contributed by atoms with E-state index in [9.17, 15) is 13.2 Å². The van der Waals surface area contributed by atoms with Crippen LogP contribution < -0.4 is 0 Å². The predicted octanol–water partition coefficient (Wildman–Crippen LogP) is 3.72. The quantitative estimate of drug-likeness (QED) is 0.809. The van der Waals surface area contributed by atoms with Crippen LogP contribution in [0.2, 0.25) is 5.02 Å². The van der Waals surface area contributed by atoms with Crippen LogP contribution in [0.5, 0.6) is 0 Å². The van der Waals surface area contributed by atoms with Crippen LogP contribution in [0, 0.1) is 0 Å². The van der Waals surface area contributed by atoms with Gasteiger partial charge in [-0.1, -0.05) is 16.8 Å². The fourth-order valence-corrected chi connectivity index (χ4v) is 1.93. The lowest BCUT2D eigenvalue weighted by molar-refractivity contribution is -0.137. The van der Waals surface area contributed by atoms with Gasteiger partial charge in [0.1, 0.15) is 0 Å². The highest BCUT2D eigenvalue weighted by Crippen LogP contribution is 2.32. The van der Waals surface area contributed by atoms with Gasteiger partial charge in [-0.3, -0.25) is 0 Å². The Morgan fingerprint density at radius 1 is 1.21 bits per heavy atom. The molecule has 0 atom stereocenters. The third kappa shape index (κ3) is 3.39. The molecule has 1 aromatic carbocycles. The number of aromatic nitrogens is 3. The van der Waals surface area contributed by atoms with Crippen LogP contribution in [0.3, 0.4) is 0 Å². The van der Waals surface area contributed by atoms with Gasteiger partial charge in [-0.05, 0) is 18.2 Å². The summed E-state index contributed by atoms with van der Waals surface area (Å²) >= 11 is 11.2. The van der Waals surface area contributed by atoms with Gasteiger partial charge in [0.25, 0.3) is 0 Å². The molecule has 0 bridgehead atoms. The van der Waals surface area contributed by atoms with Crippen LogP contribution in [0.15, 0.2) is 24.4 Å². The Kier molecular flexibility index (Phi) is 4.01. The second kappa shape index (κ2) is 5.38.